The van der Waals surface area contributed by atoms with E-state index in [1.54, 1.807) is 12.1 Å². The van der Waals surface area contributed by atoms with Crippen molar-refractivity contribution in [3.8, 4) is 0 Å². The fourth-order valence-corrected chi connectivity index (χ4v) is 2.33. The summed E-state index contributed by atoms with van der Waals surface area (Å²) in [6.45, 7) is 6.10. The van der Waals surface area contributed by atoms with Crippen molar-refractivity contribution in [1.82, 2.24) is 5.32 Å². The lowest BCUT2D eigenvalue weighted by Crippen LogP contribution is -2.29. The molecule has 2 atom stereocenters. The van der Waals surface area contributed by atoms with E-state index in [-0.39, 0.29) is 10.9 Å². The summed E-state index contributed by atoms with van der Waals surface area (Å²) in [7, 11) is -3.19. The van der Waals surface area contributed by atoms with E-state index in [9.17, 15) is 13.5 Å². The van der Waals surface area contributed by atoms with Gasteiger partial charge in [-0.15, -0.1) is 6.58 Å². The smallest absolute Gasteiger partial charge is 0.175 e. The van der Waals surface area contributed by atoms with Gasteiger partial charge in [0.1, 0.15) is 0 Å². The van der Waals surface area contributed by atoms with Gasteiger partial charge >= 0.3 is 0 Å². The van der Waals surface area contributed by atoms with Gasteiger partial charge in [-0.05, 0) is 31.0 Å². The highest BCUT2D eigenvalue weighted by molar-refractivity contribution is 7.90. The molecular weight excluding hydrogens is 262 g/mol. The van der Waals surface area contributed by atoms with Crippen molar-refractivity contribution in [3.63, 3.8) is 0 Å². The molecule has 5 heteroatoms. The maximum absolute atomic E-state index is 11.3. The van der Waals surface area contributed by atoms with Gasteiger partial charge < -0.3 is 10.4 Å². The zero-order valence-corrected chi connectivity index (χ0v) is 12.2. The molecule has 4 nitrogen and oxygen atoms in total. The Morgan fingerprint density at radius 2 is 1.95 bits per heavy atom. The quantitative estimate of drug-likeness (QED) is 0.747. The van der Waals surface area contributed by atoms with Crippen LogP contribution >= 0.6 is 0 Å². The predicted molar refractivity (Wildman–Crippen MR) is 76.8 cm³/mol. The fraction of sp³-hybridized carbons (Fsp3) is 0.429. The zero-order chi connectivity index (χ0) is 14.5. The molecule has 0 aliphatic rings. The third kappa shape index (κ3) is 5.14. The van der Waals surface area contributed by atoms with Crippen molar-refractivity contribution in [2.24, 2.45) is 0 Å². The van der Waals surface area contributed by atoms with Gasteiger partial charge in [-0.25, -0.2) is 8.42 Å². The van der Waals surface area contributed by atoms with Crippen LogP contribution in [0.5, 0.6) is 0 Å². The molecule has 0 aliphatic carbocycles. The van der Waals surface area contributed by atoms with Gasteiger partial charge in [0.2, 0.25) is 0 Å². The van der Waals surface area contributed by atoms with E-state index in [0.29, 0.717) is 12.1 Å². The van der Waals surface area contributed by atoms with Gasteiger partial charge in [-0.2, -0.15) is 0 Å². The van der Waals surface area contributed by atoms with Crippen LogP contribution in [0.25, 0.3) is 0 Å². The van der Waals surface area contributed by atoms with Gasteiger partial charge in [0.15, 0.2) is 9.84 Å². The molecule has 0 fully saturated rings. The SMILES string of the molecule is C=CCC(C)NCC(O)c1ccc(S(C)(=O)=O)cc1. The molecule has 106 valence electrons. The first kappa shape index (κ1) is 15.9. The summed E-state index contributed by atoms with van der Waals surface area (Å²) in [4.78, 5) is 0.261. The molecule has 19 heavy (non-hydrogen) atoms. The van der Waals surface area contributed by atoms with Gasteiger partial charge in [0.05, 0.1) is 11.0 Å². The highest BCUT2D eigenvalue weighted by atomic mass is 32.2. The monoisotopic (exact) mass is 283 g/mol. The maximum atomic E-state index is 11.3. The van der Waals surface area contributed by atoms with Crippen LogP contribution in [0, 0.1) is 0 Å². The van der Waals surface area contributed by atoms with E-state index in [4.69, 9.17) is 0 Å². The van der Waals surface area contributed by atoms with Crippen LogP contribution in [-0.4, -0.2) is 32.4 Å². The minimum absolute atomic E-state index is 0.252. The van der Waals surface area contributed by atoms with Crippen LogP contribution in [-0.2, 0) is 9.84 Å². The Morgan fingerprint density at radius 1 is 1.37 bits per heavy atom. The summed E-state index contributed by atoms with van der Waals surface area (Å²) in [6, 6.07) is 6.56. The summed E-state index contributed by atoms with van der Waals surface area (Å²) in [5, 5.41) is 13.2. The van der Waals surface area contributed by atoms with E-state index in [0.717, 1.165) is 12.7 Å². The predicted octanol–water partition coefficient (Wildman–Crippen LogP) is 1.68. The van der Waals surface area contributed by atoms with E-state index < -0.39 is 15.9 Å². The molecule has 1 aromatic rings. The van der Waals surface area contributed by atoms with Crippen LogP contribution in [0.1, 0.15) is 25.0 Å². The molecule has 0 saturated heterocycles. The molecule has 0 heterocycles. The minimum atomic E-state index is -3.19. The fourth-order valence-electron chi connectivity index (χ4n) is 1.70. The first-order chi connectivity index (χ1) is 8.84. The maximum Gasteiger partial charge on any atom is 0.175 e. The number of rotatable bonds is 7. The van der Waals surface area contributed by atoms with Crippen LogP contribution in [0.4, 0.5) is 0 Å². The molecule has 0 radical (unpaired) electrons. The molecule has 2 N–H and O–H groups in total. The average molecular weight is 283 g/mol. The Bertz CT molecular complexity index is 508. The second-order valence-corrected chi connectivity index (χ2v) is 6.71. The molecule has 0 bridgehead atoms. The Balaban J connectivity index is 2.63. The topological polar surface area (TPSA) is 66.4 Å². The first-order valence-corrected chi connectivity index (χ1v) is 8.06. The standard InChI is InChI=1S/C14H21NO3S/c1-4-5-11(2)15-10-14(16)12-6-8-13(9-7-12)19(3,17)18/h4,6-9,11,14-16H,1,5,10H2,2-3H3. The Hall–Kier alpha value is -1.17. The summed E-state index contributed by atoms with van der Waals surface area (Å²) >= 11 is 0. The largest absolute Gasteiger partial charge is 0.387 e. The Morgan fingerprint density at radius 3 is 2.42 bits per heavy atom. The van der Waals surface area contributed by atoms with E-state index >= 15 is 0 Å². The number of nitrogens with one attached hydrogen (secondary N) is 1. The van der Waals surface area contributed by atoms with Gasteiger partial charge in [-0.3, -0.25) is 0 Å². The van der Waals surface area contributed by atoms with E-state index in [1.165, 1.54) is 12.1 Å². The number of benzene rings is 1. The van der Waals surface area contributed by atoms with E-state index in [1.807, 2.05) is 13.0 Å². The number of hydrogen-bond donors (Lipinski definition) is 2. The highest BCUT2D eigenvalue weighted by Gasteiger charge is 2.11. The van der Waals surface area contributed by atoms with Crippen LogP contribution in [0.3, 0.4) is 0 Å². The van der Waals surface area contributed by atoms with Crippen molar-refractivity contribution in [3.05, 3.63) is 42.5 Å². The Labute approximate surface area is 115 Å². The first-order valence-electron chi connectivity index (χ1n) is 6.17. The molecule has 0 saturated carbocycles. The second kappa shape index (κ2) is 6.84. The van der Waals surface area contributed by atoms with Crippen LogP contribution in [0.2, 0.25) is 0 Å². The third-order valence-electron chi connectivity index (χ3n) is 2.87. The Kier molecular flexibility index (Phi) is 5.72. The molecule has 0 aliphatic heterocycles. The van der Waals surface area contributed by atoms with Crippen molar-refractivity contribution >= 4 is 9.84 Å². The minimum Gasteiger partial charge on any atom is -0.387 e. The lowest BCUT2D eigenvalue weighted by Gasteiger charge is -2.16. The molecule has 0 aromatic heterocycles. The lowest BCUT2D eigenvalue weighted by molar-refractivity contribution is 0.170. The van der Waals surface area contributed by atoms with E-state index in [2.05, 4.69) is 11.9 Å². The highest BCUT2D eigenvalue weighted by Crippen LogP contribution is 2.16. The lowest BCUT2D eigenvalue weighted by atomic mass is 10.1. The molecule has 2 unspecified atom stereocenters. The molecule has 0 amide bonds. The van der Waals surface area contributed by atoms with Crippen LogP contribution < -0.4 is 5.32 Å². The number of aliphatic hydroxyl groups is 1. The number of hydrogen-bond acceptors (Lipinski definition) is 4. The van der Waals surface area contributed by atoms with Crippen molar-refractivity contribution < 1.29 is 13.5 Å². The van der Waals surface area contributed by atoms with Crippen molar-refractivity contribution in [2.45, 2.75) is 30.4 Å². The molecule has 1 aromatic carbocycles. The zero-order valence-electron chi connectivity index (χ0n) is 11.3. The second-order valence-electron chi connectivity index (χ2n) is 4.69. The van der Waals surface area contributed by atoms with Crippen molar-refractivity contribution in [1.29, 1.82) is 0 Å². The number of aliphatic hydroxyl groups excluding tert-OH is 1. The molecule has 0 spiro atoms. The third-order valence-corrected chi connectivity index (χ3v) is 4.00. The summed E-state index contributed by atoms with van der Waals surface area (Å²) < 4.78 is 22.6. The van der Waals surface area contributed by atoms with Crippen molar-refractivity contribution in [2.75, 3.05) is 12.8 Å². The normalized spacial score (nSPS) is 14.9. The van der Waals surface area contributed by atoms with Crippen LogP contribution in [0.15, 0.2) is 41.8 Å². The molecular formula is C14H21NO3S. The average Bonchev–Trinajstić information content (AvgIpc) is 2.35. The van der Waals surface area contributed by atoms with Gasteiger partial charge in [0, 0.05) is 18.8 Å². The summed E-state index contributed by atoms with van der Waals surface area (Å²) in [5.41, 5.74) is 0.700. The summed E-state index contributed by atoms with van der Waals surface area (Å²) in [6.07, 6.45) is 3.17. The van der Waals surface area contributed by atoms with Gasteiger partial charge in [0.25, 0.3) is 0 Å². The molecule has 1 rings (SSSR count). The number of sulfone groups is 1. The summed E-state index contributed by atoms with van der Waals surface area (Å²) in [5.74, 6) is 0. The van der Waals surface area contributed by atoms with Gasteiger partial charge in [-0.1, -0.05) is 18.2 Å².